The molecule has 0 aliphatic heterocycles. The van der Waals surface area contributed by atoms with Crippen molar-refractivity contribution >= 4 is 6.29 Å². The van der Waals surface area contributed by atoms with E-state index in [1.165, 1.54) is 0 Å². The van der Waals surface area contributed by atoms with Gasteiger partial charge in [-0.15, -0.1) is 0 Å². The highest BCUT2D eigenvalue weighted by molar-refractivity contribution is 5.71. The summed E-state index contributed by atoms with van der Waals surface area (Å²) in [5.41, 5.74) is 0.614. The van der Waals surface area contributed by atoms with Crippen molar-refractivity contribution < 1.29 is 9.53 Å². The van der Waals surface area contributed by atoms with Gasteiger partial charge in [0, 0.05) is 19.8 Å². The smallest absolute Gasteiger partial charge is 0.168 e. The van der Waals surface area contributed by atoms with Crippen molar-refractivity contribution in [3.63, 3.8) is 0 Å². The average molecular weight is 182 g/mol. The van der Waals surface area contributed by atoms with Crippen LogP contribution in [0.2, 0.25) is 0 Å². The second-order valence-electron chi connectivity index (χ2n) is 2.97. The molecule has 0 fully saturated rings. The van der Waals surface area contributed by atoms with Gasteiger partial charge < -0.3 is 9.30 Å². The van der Waals surface area contributed by atoms with Crippen molar-refractivity contribution in [2.45, 2.75) is 19.4 Å². The minimum atomic E-state index is 0.252. The Balaban J connectivity index is 2.64. The molecule has 4 nitrogen and oxygen atoms in total. The van der Waals surface area contributed by atoms with E-state index in [9.17, 15) is 4.79 Å². The molecular weight excluding hydrogens is 168 g/mol. The standard InChI is InChI=1S/C9H14N2O2/c1-8(3-4-13-2)11-7-10-5-9(11)6-12/h5-8H,3-4H2,1-2H3. The first kappa shape index (κ1) is 9.92. The molecule has 0 amide bonds. The number of nitrogens with zero attached hydrogens (tertiary/aromatic N) is 2. The Morgan fingerprint density at radius 1 is 1.77 bits per heavy atom. The van der Waals surface area contributed by atoms with Gasteiger partial charge in [-0.1, -0.05) is 0 Å². The maximum Gasteiger partial charge on any atom is 0.168 e. The summed E-state index contributed by atoms with van der Waals surface area (Å²) in [4.78, 5) is 14.5. The number of carbonyl (C=O) groups is 1. The number of hydrogen-bond acceptors (Lipinski definition) is 3. The summed E-state index contributed by atoms with van der Waals surface area (Å²) in [7, 11) is 1.67. The number of hydrogen-bond donors (Lipinski definition) is 0. The first-order valence-corrected chi connectivity index (χ1v) is 4.25. The lowest BCUT2D eigenvalue weighted by molar-refractivity contribution is 0.111. The Morgan fingerprint density at radius 2 is 2.54 bits per heavy atom. The maximum absolute atomic E-state index is 10.6. The third-order valence-corrected chi connectivity index (χ3v) is 2.03. The maximum atomic E-state index is 10.6. The lowest BCUT2D eigenvalue weighted by atomic mass is 10.2. The third kappa shape index (κ3) is 2.39. The predicted octanol–water partition coefficient (Wildman–Crippen LogP) is 1.29. The normalized spacial score (nSPS) is 12.8. The van der Waals surface area contributed by atoms with Crippen LogP contribution < -0.4 is 0 Å². The molecule has 0 saturated heterocycles. The second kappa shape index (κ2) is 4.77. The van der Waals surface area contributed by atoms with Gasteiger partial charge in [0.25, 0.3) is 0 Å². The van der Waals surface area contributed by atoms with E-state index in [0.717, 1.165) is 12.7 Å². The highest BCUT2D eigenvalue weighted by atomic mass is 16.5. The molecule has 4 heteroatoms. The Bertz CT molecular complexity index is 270. The average Bonchev–Trinajstić information content (AvgIpc) is 2.61. The van der Waals surface area contributed by atoms with Gasteiger partial charge in [-0.25, -0.2) is 4.98 Å². The molecular formula is C9H14N2O2. The lowest BCUT2D eigenvalue weighted by Gasteiger charge is -2.13. The molecule has 1 aromatic heterocycles. The van der Waals surface area contributed by atoms with Crippen LogP contribution in [0.15, 0.2) is 12.5 Å². The molecule has 1 unspecified atom stereocenters. The summed E-state index contributed by atoms with van der Waals surface area (Å²) in [6.45, 7) is 2.73. The van der Waals surface area contributed by atoms with Crippen molar-refractivity contribution in [2.24, 2.45) is 0 Å². The monoisotopic (exact) mass is 182 g/mol. The van der Waals surface area contributed by atoms with Crippen molar-refractivity contribution in [1.82, 2.24) is 9.55 Å². The van der Waals surface area contributed by atoms with Crippen molar-refractivity contribution in [2.75, 3.05) is 13.7 Å². The Kier molecular flexibility index (Phi) is 3.64. The highest BCUT2D eigenvalue weighted by Gasteiger charge is 2.07. The fraction of sp³-hybridized carbons (Fsp3) is 0.556. The number of aromatic nitrogens is 2. The van der Waals surface area contributed by atoms with Crippen LogP contribution in [0.1, 0.15) is 29.9 Å². The fourth-order valence-corrected chi connectivity index (χ4v) is 1.20. The minimum Gasteiger partial charge on any atom is -0.385 e. The fourth-order valence-electron chi connectivity index (χ4n) is 1.20. The van der Waals surface area contributed by atoms with Gasteiger partial charge >= 0.3 is 0 Å². The molecule has 0 spiro atoms. The number of methoxy groups -OCH3 is 1. The first-order valence-electron chi connectivity index (χ1n) is 4.25. The quantitative estimate of drug-likeness (QED) is 0.644. The molecule has 1 heterocycles. The summed E-state index contributed by atoms with van der Waals surface area (Å²) in [5, 5.41) is 0. The van der Waals surface area contributed by atoms with Gasteiger partial charge in [-0.2, -0.15) is 0 Å². The van der Waals surface area contributed by atoms with Gasteiger partial charge in [-0.3, -0.25) is 4.79 Å². The van der Waals surface area contributed by atoms with E-state index in [4.69, 9.17) is 4.74 Å². The molecule has 0 N–H and O–H groups in total. The zero-order valence-electron chi connectivity index (χ0n) is 7.93. The molecule has 1 rings (SSSR count). The highest BCUT2D eigenvalue weighted by Crippen LogP contribution is 2.12. The molecule has 13 heavy (non-hydrogen) atoms. The van der Waals surface area contributed by atoms with Crippen LogP contribution in [0, 0.1) is 0 Å². The Hall–Kier alpha value is -1.16. The van der Waals surface area contributed by atoms with Crippen LogP contribution in [0.25, 0.3) is 0 Å². The van der Waals surface area contributed by atoms with Crippen LogP contribution in [-0.4, -0.2) is 29.6 Å². The van der Waals surface area contributed by atoms with Crippen LogP contribution in [0.3, 0.4) is 0 Å². The van der Waals surface area contributed by atoms with Gasteiger partial charge in [0.15, 0.2) is 6.29 Å². The predicted molar refractivity (Wildman–Crippen MR) is 48.8 cm³/mol. The largest absolute Gasteiger partial charge is 0.385 e. The van der Waals surface area contributed by atoms with E-state index >= 15 is 0 Å². The summed E-state index contributed by atoms with van der Waals surface area (Å²) >= 11 is 0. The Labute approximate surface area is 77.5 Å². The number of imidazole rings is 1. The summed E-state index contributed by atoms with van der Waals surface area (Å²) in [6, 6.07) is 0.252. The topological polar surface area (TPSA) is 44.1 Å². The molecule has 0 aliphatic carbocycles. The number of rotatable bonds is 5. The van der Waals surface area contributed by atoms with Gasteiger partial charge in [0.1, 0.15) is 5.69 Å². The van der Waals surface area contributed by atoms with Crippen LogP contribution >= 0.6 is 0 Å². The molecule has 0 aromatic carbocycles. The van der Waals surface area contributed by atoms with Gasteiger partial charge in [0.2, 0.25) is 0 Å². The summed E-state index contributed by atoms with van der Waals surface area (Å²) < 4.78 is 6.82. The molecule has 0 saturated carbocycles. The first-order chi connectivity index (χ1) is 6.29. The van der Waals surface area contributed by atoms with Crippen molar-refractivity contribution in [3.05, 3.63) is 18.2 Å². The van der Waals surface area contributed by atoms with Crippen LogP contribution in [0.5, 0.6) is 0 Å². The molecule has 0 bridgehead atoms. The SMILES string of the molecule is COCCC(C)n1cncc1C=O. The zero-order valence-corrected chi connectivity index (χ0v) is 7.93. The van der Waals surface area contributed by atoms with Crippen molar-refractivity contribution in [1.29, 1.82) is 0 Å². The summed E-state index contributed by atoms with van der Waals surface area (Å²) in [6.07, 6.45) is 4.93. The number of carbonyl (C=O) groups excluding carboxylic acids is 1. The van der Waals surface area contributed by atoms with Crippen LogP contribution in [0.4, 0.5) is 0 Å². The van der Waals surface area contributed by atoms with E-state index in [1.54, 1.807) is 19.6 Å². The molecule has 72 valence electrons. The third-order valence-electron chi connectivity index (χ3n) is 2.03. The molecule has 1 aromatic rings. The van der Waals surface area contributed by atoms with E-state index in [0.29, 0.717) is 12.3 Å². The molecule has 0 aliphatic rings. The minimum absolute atomic E-state index is 0.252. The van der Waals surface area contributed by atoms with E-state index in [1.807, 2.05) is 11.5 Å². The second-order valence-corrected chi connectivity index (χ2v) is 2.97. The van der Waals surface area contributed by atoms with E-state index in [-0.39, 0.29) is 6.04 Å². The summed E-state index contributed by atoms with van der Waals surface area (Å²) in [5.74, 6) is 0. The van der Waals surface area contributed by atoms with Gasteiger partial charge in [-0.05, 0) is 13.3 Å². The number of ether oxygens (including phenoxy) is 1. The van der Waals surface area contributed by atoms with Crippen LogP contribution in [-0.2, 0) is 4.74 Å². The molecule has 1 atom stereocenters. The van der Waals surface area contributed by atoms with E-state index < -0.39 is 0 Å². The zero-order chi connectivity index (χ0) is 9.68. The Morgan fingerprint density at radius 3 is 3.15 bits per heavy atom. The lowest BCUT2D eigenvalue weighted by Crippen LogP contribution is -2.09. The number of aldehydes is 1. The van der Waals surface area contributed by atoms with E-state index in [2.05, 4.69) is 4.98 Å². The molecule has 0 radical (unpaired) electrons. The van der Waals surface area contributed by atoms with Gasteiger partial charge in [0.05, 0.1) is 12.5 Å². The van der Waals surface area contributed by atoms with Crippen molar-refractivity contribution in [3.8, 4) is 0 Å².